The van der Waals surface area contributed by atoms with Gasteiger partial charge in [0, 0.05) is 11.1 Å². The second kappa shape index (κ2) is 6.51. The second-order valence-corrected chi connectivity index (χ2v) is 6.77. The maximum absolute atomic E-state index is 12.2. The normalized spacial score (nSPS) is 16.4. The molecular weight excluding hydrogens is 276 g/mol. The molecule has 4 heteroatoms. The summed E-state index contributed by atoms with van der Waals surface area (Å²) in [4.78, 5) is 24.3. The highest BCUT2D eigenvalue weighted by Gasteiger charge is 2.36. The molecule has 1 aliphatic rings. The van der Waals surface area contributed by atoms with E-state index in [0.29, 0.717) is 0 Å². The van der Waals surface area contributed by atoms with Crippen LogP contribution < -0.4 is 10.6 Å². The number of aryl methyl sites for hydroxylation is 3. The Bertz CT molecular complexity index is 564. The highest BCUT2D eigenvalue weighted by Crippen LogP contribution is 2.37. The summed E-state index contributed by atoms with van der Waals surface area (Å²) in [7, 11) is 0. The Morgan fingerprint density at radius 3 is 2.18 bits per heavy atom. The fourth-order valence-electron chi connectivity index (χ4n) is 3.32. The third kappa shape index (κ3) is 3.67. The highest BCUT2D eigenvalue weighted by molar-refractivity contribution is 5.96. The van der Waals surface area contributed by atoms with Crippen molar-refractivity contribution < 1.29 is 9.59 Å². The van der Waals surface area contributed by atoms with Crippen LogP contribution in [0.4, 0.5) is 5.69 Å². The summed E-state index contributed by atoms with van der Waals surface area (Å²) in [6.45, 7) is 8.01. The number of hydrogen-bond donors (Lipinski definition) is 2. The zero-order chi connectivity index (χ0) is 16.3. The summed E-state index contributed by atoms with van der Waals surface area (Å²) in [6, 6.07) is 4.08. The topological polar surface area (TPSA) is 58.2 Å². The average Bonchev–Trinajstić information content (AvgIpc) is 2.88. The van der Waals surface area contributed by atoms with Crippen molar-refractivity contribution in [2.75, 3.05) is 11.9 Å². The lowest BCUT2D eigenvalue weighted by Crippen LogP contribution is -2.41. The summed E-state index contributed by atoms with van der Waals surface area (Å²) >= 11 is 0. The van der Waals surface area contributed by atoms with Crippen LogP contribution in [0.15, 0.2) is 12.1 Å². The molecule has 2 amide bonds. The second-order valence-electron chi connectivity index (χ2n) is 6.77. The van der Waals surface area contributed by atoms with E-state index in [1.165, 1.54) is 5.56 Å². The van der Waals surface area contributed by atoms with Gasteiger partial charge < -0.3 is 10.6 Å². The third-order valence-electron chi connectivity index (χ3n) is 4.61. The van der Waals surface area contributed by atoms with Gasteiger partial charge in [0.05, 0.1) is 6.54 Å². The zero-order valence-electron chi connectivity index (χ0n) is 14.0. The first kappa shape index (κ1) is 16.5. The summed E-state index contributed by atoms with van der Waals surface area (Å²) in [6.07, 6.45) is 4.02. The van der Waals surface area contributed by atoms with Gasteiger partial charge >= 0.3 is 0 Å². The first-order chi connectivity index (χ1) is 10.3. The first-order valence-corrected chi connectivity index (χ1v) is 7.98. The maximum atomic E-state index is 12.2. The van der Waals surface area contributed by atoms with Gasteiger partial charge in [-0.2, -0.15) is 0 Å². The molecule has 0 spiro atoms. The molecule has 2 rings (SSSR count). The molecule has 2 N–H and O–H groups in total. The number of benzene rings is 1. The molecule has 0 radical (unpaired) electrons. The number of rotatable bonds is 4. The monoisotopic (exact) mass is 302 g/mol. The smallest absolute Gasteiger partial charge is 0.243 e. The van der Waals surface area contributed by atoms with E-state index in [2.05, 4.69) is 10.6 Å². The molecule has 0 atom stereocenters. The molecule has 1 aromatic rings. The predicted octanol–water partition coefficient (Wildman–Crippen LogP) is 3.25. The third-order valence-corrected chi connectivity index (χ3v) is 4.61. The number of hydrogen-bond acceptors (Lipinski definition) is 2. The van der Waals surface area contributed by atoms with E-state index >= 15 is 0 Å². The lowest BCUT2D eigenvalue weighted by atomic mass is 9.88. The van der Waals surface area contributed by atoms with Gasteiger partial charge in [-0.05, 0) is 44.7 Å². The molecule has 0 aliphatic heterocycles. The molecule has 22 heavy (non-hydrogen) atoms. The Balaban J connectivity index is 1.92. The standard InChI is InChI=1S/C18H26N2O2/c1-12-9-13(2)16(14(3)10-12)20-15(21)11-19-17(22)18(4)7-5-6-8-18/h9-10H,5-8,11H2,1-4H3,(H,19,22)(H,20,21). The first-order valence-electron chi connectivity index (χ1n) is 7.98. The Hall–Kier alpha value is -1.84. The van der Waals surface area contributed by atoms with Gasteiger partial charge in [-0.25, -0.2) is 0 Å². The predicted molar refractivity (Wildman–Crippen MR) is 88.9 cm³/mol. The maximum Gasteiger partial charge on any atom is 0.243 e. The largest absolute Gasteiger partial charge is 0.347 e. The van der Waals surface area contributed by atoms with Crippen LogP contribution >= 0.6 is 0 Å². The summed E-state index contributed by atoms with van der Waals surface area (Å²) < 4.78 is 0. The number of amides is 2. The fourth-order valence-corrected chi connectivity index (χ4v) is 3.32. The summed E-state index contributed by atoms with van der Waals surface area (Å²) in [5.74, 6) is -0.178. The van der Waals surface area contributed by atoms with Crippen molar-refractivity contribution in [3.63, 3.8) is 0 Å². The summed E-state index contributed by atoms with van der Waals surface area (Å²) in [5.41, 5.74) is 3.81. The lowest BCUT2D eigenvalue weighted by molar-refractivity contribution is -0.131. The molecule has 1 aromatic carbocycles. The molecule has 0 aromatic heterocycles. The molecule has 0 saturated heterocycles. The minimum Gasteiger partial charge on any atom is -0.347 e. The van der Waals surface area contributed by atoms with Crippen molar-refractivity contribution >= 4 is 17.5 Å². The summed E-state index contributed by atoms with van der Waals surface area (Å²) in [5, 5.41) is 5.69. The van der Waals surface area contributed by atoms with Gasteiger partial charge in [-0.3, -0.25) is 9.59 Å². The molecule has 1 saturated carbocycles. The molecule has 1 fully saturated rings. The van der Waals surface area contributed by atoms with Crippen LogP contribution in [0.2, 0.25) is 0 Å². The fraction of sp³-hybridized carbons (Fsp3) is 0.556. The van der Waals surface area contributed by atoms with Crippen LogP contribution in [0.25, 0.3) is 0 Å². The van der Waals surface area contributed by atoms with Crippen molar-refractivity contribution in [3.8, 4) is 0 Å². The van der Waals surface area contributed by atoms with Crippen molar-refractivity contribution in [1.82, 2.24) is 5.32 Å². The SMILES string of the molecule is Cc1cc(C)c(NC(=O)CNC(=O)C2(C)CCCC2)c(C)c1. The minimum absolute atomic E-state index is 0.00231. The molecular formula is C18H26N2O2. The van der Waals surface area contributed by atoms with Gasteiger partial charge in [-0.15, -0.1) is 0 Å². The number of carbonyl (C=O) groups excluding carboxylic acids is 2. The van der Waals surface area contributed by atoms with Gasteiger partial charge in [0.15, 0.2) is 0 Å². The average molecular weight is 302 g/mol. The lowest BCUT2D eigenvalue weighted by Gasteiger charge is -2.22. The van der Waals surface area contributed by atoms with Crippen LogP contribution in [0.1, 0.15) is 49.3 Å². The van der Waals surface area contributed by atoms with Crippen LogP contribution in [0.5, 0.6) is 0 Å². The van der Waals surface area contributed by atoms with Crippen molar-refractivity contribution in [2.45, 2.75) is 53.4 Å². The number of nitrogens with one attached hydrogen (secondary N) is 2. The van der Waals surface area contributed by atoms with E-state index in [4.69, 9.17) is 0 Å². The minimum atomic E-state index is -0.296. The Morgan fingerprint density at radius 1 is 1.09 bits per heavy atom. The quantitative estimate of drug-likeness (QED) is 0.897. The molecule has 1 aliphatic carbocycles. The van der Waals surface area contributed by atoms with Crippen molar-refractivity contribution in [1.29, 1.82) is 0 Å². The highest BCUT2D eigenvalue weighted by atomic mass is 16.2. The molecule has 0 bridgehead atoms. The van der Waals surface area contributed by atoms with Gasteiger partial charge in [0.1, 0.15) is 0 Å². The van der Waals surface area contributed by atoms with E-state index in [1.807, 2.05) is 39.8 Å². The van der Waals surface area contributed by atoms with Crippen LogP contribution in [-0.4, -0.2) is 18.4 Å². The van der Waals surface area contributed by atoms with Gasteiger partial charge in [0.25, 0.3) is 0 Å². The Morgan fingerprint density at radius 2 is 1.64 bits per heavy atom. The molecule has 4 nitrogen and oxygen atoms in total. The van der Waals surface area contributed by atoms with Crippen molar-refractivity contribution in [2.24, 2.45) is 5.41 Å². The molecule has 0 unspecified atom stereocenters. The van der Waals surface area contributed by atoms with Crippen LogP contribution in [0.3, 0.4) is 0 Å². The Labute approximate surface area is 132 Å². The van der Waals surface area contributed by atoms with E-state index in [9.17, 15) is 9.59 Å². The number of carbonyl (C=O) groups is 2. The van der Waals surface area contributed by atoms with E-state index in [0.717, 1.165) is 42.5 Å². The number of anilines is 1. The molecule has 120 valence electrons. The zero-order valence-corrected chi connectivity index (χ0v) is 14.0. The van der Waals surface area contributed by atoms with E-state index in [-0.39, 0.29) is 23.8 Å². The van der Waals surface area contributed by atoms with Crippen LogP contribution in [0, 0.1) is 26.2 Å². The Kier molecular flexibility index (Phi) is 4.89. The van der Waals surface area contributed by atoms with Crippen LogP contribution in [-0.2, 0) is 9.59 Å². The molecule has 0 heterocycles. The van der Waals surface area contributed by atoms with Gasteiger partial charge in [0.2, 0.25) is 11.8 Å². The van der Waals surface area contributed by atoms with Crippen molar-refractivity contribution in [3.05, 3.63) is 28.8 Å². The van der Waals surface area contributed by atoms with Gasteiger partial charge in [-0.1, -0.05) is 37.5 Å². The van der Waals surface area contributed by atoms with E-state index < -0.39 is 0 Å². The van der Waals surface area contributed by atoms with E-state index in [1.54, 1.807) is 0 Å².